The maximum absolute atomic E-state index is 6.46. The van der Waals surface area contributed by atoms with Gasteiger partial charge in [0.25, 0.3) is 0 Å². The molecule has 2 N–H and O–H groups in total. The first kappa shape index (κ1) is 14.9. The average molecular weight is 336 g/mol. The summed E-state index contributed by atoms with van der Waals surface area (Å²) in [5, 5.41) is 0. The van der Waals surface area contributed by atoms with Gasteiger partial charge in [-0.2, -0.15) is 0 Å². The number of benzene rings is 2. The molecule has 0 aliphatic carbocycles. The highest BCUT2D eigenvalue weighted by Crippen LogP contribution is 2.37. The van der Waals surface area contributed by atoms with E-state index in [2.05, 4.69) is 15.9 Å². The summed E-state index contributed by atoms with van der Waals surface area (Å²) in [4.78, 5) is 0. The predicted octanol–water partition coefficient (Wildman–Crippen LogP) is 3.82. The summed E-state index contributed by atoms with van der Waals surface area (Å²) in [5.74, 6) is 1.47. The number of hydrogen-bond acceptors (Lipinski definition) is 3. The zero-order valence-electron chi connectivity index (χ0n) is 11.8. The fourth-order valence-electron chi connectivity index (χ4n) is 2.29. The van der Waals surface area contributed by atoms with Gasteiger partial charge in [0.2, 0.25) is 0 Å². The Morgan fingerprint density at radius 1 is 1.05 bits per heavy atom. The fraction of sp³-hybridized carbons (Fsp3) is 0.250. The zero-order valence-corrected chi connectivity index (χ0v) is 13.4. The van der Waals surface area contributed by atoms with Gasteiger partial charge in [0.1, 0.15) is 11.5 Å². The molecule has 1 atom stereocenters. The van der Waals surface area contributed by atoms with Crippen molar-refractivity contribution in [2.75, 3.05) is 14.2 Å². The molecular weight excluding hydrogens is 318 g/mol. The van der Waals surface area contributed by atoms with Crippen LogP contribution >= 0.6 is 15.9 Å². The highest BCUT2D eigenvalue weighted by molar-refractivity contribution is 9.10. The van der Waals surface area contributed by atoms with Crippen molar-refractivity contribution in [3.63, 3.8) is 0 Å². The van der Waals surface area contributed by atoms with Crippen LogP contribution in [0.15, 0.2) is 40.9 Å². The van der Waals surface area contributed by atoms with Crippen LogP contribution in [-0.2, 0) is 0 Å². The molecule has 0 spiro atoms. The minimum Gasteiger partial charge on any atom is -0.496 e. The molecular formula is C16H18BrNO2. The molecule has 20 heavy (non-hydrogen) atoms. The lowest BCUT2D eigenvalue weighted by Gasteiger charge is -2.21. The van der Waals surface area contributed by atoms with E-state index in [4.69, 9.17) is 15.2 Å². The molecule has 4 heteroatoms. The Morgan fingerprint density at radius 3 is 2.20 bits per heavy atom. The molecule has 0 aliphatic rings. The van der Waals surface area contributed by atoms with Crippen LogP contribution in [0.2, 0.25) is 0 Å². The van der Waals surface area contributed by atoms with Crippen molar-refractivity contribution in [3.8, 4) is 11.5 Å². The first-order valence-corrected chi connectivity index (χ1v) is 7.10. The van der Waals surface area contributed by atoms with Gasteiger partial charge in [-0.1, -0.05) is 28.1 Å². The molecule has 3 nitrogen and oxygen atoms in total. The maximum Gasteiger partial charge on any atom is 0.127 e. The summed E-state index contributed by atoms with van der Waals surface area (Å²) in [6, 6.07) is 11.5. The quantitative estimate of drug-likeness (QED) is 0.923. The van der Waals surface area contributed by atoms with Crippen molar-refractivity contribution >= 4 is 15.9 Å². The van der Waals surface area contributed by atoms with E-state index in [1.165, 1.54) is 0 Å². The number of aryl methyl sites for hydroxylation is 1. The second-order valence-electron chi connectivity index (χ2n) is 4.55. The molecule has 2 aromatic carbocycles. The van der Waals surface area contributed by atoms with Gasteiger partial charge in [0.15, 0.2) is 0 Å². The number of nitrogens with two attached hydrogens (primary N) is 1. The monoisotopic (exact) mass is 335 g/mol. The minimum absolute atomic E-state index is 0.307. The van der Waals surface area contributed by atoms with Crippen LogP contribution in [0.3, 0.4) is 0 Å². The van der Waals surface area contributed by atoms with Crippen molar-refractivity contribution in [3.05, 3.63) is 57.6 Å². The van der Waals surface area contributed by atoms with E-state index in [0.717, 1.165) is 32.7 Å². The van der Waals surface area contributed by atoms with Crippen LogP contribution in [-0.4, -0.2) is 14.2 Å². The van der Waals surface area contributed by atoms with E-state index in [9.17, 15) is 0 Å². The second kappa shape index (κ2) is 6.29. The number of ether oxygens (including phenoxy) is 2. The summed E-state index contributed by atoms with van der Waals surface area (Å²) >= 11 is 3.49. The highest BCUT2D eigenvalue weighted by atomic mass is 79.9. The van der Waals surface area contributed by atoms with Gasteiger partial charge in [0, 0.05) is 4.47 Å². The largest absolute Gasteiger partial charge is 0.496 e. The Hall–Kier alpha value is -1.52. The number of methoxy groups -OCH3 is 2. The number of hydrogen-bond donors (Lipinski definition) is 1. The van der Waals surface area contributed by atoms with Gasteiger partial charge in [0.05, 0.1) is 25.8 Å². The standard InChI is InChI=1S/C16H18BrNO2/c1-10-7-8-11(17)9-12(10)16(18)15-13(19-2)5-4-6-14(15)20-3/h4-9,16H,18H2,1-3H3. The topological polar surface area (TPSA) is 44.5 Å². The molecule has 2 aromatic rings. The van der Waals surface area contributed by atoms with E-state index in [1.807, 2.05) is 43.3 Å². The summed E-state index contributed by atoms with van der Waals surface area (Å²) in [7, 11) is 3.28. The van der Waals surface area contributed by atoms with E-state index in [1.54, 1.807) is 14.2 Å². The van der Waals surface area contributed by atoms with Crippen LogP contribution in [0.1, 0.15) is 22.7 Å². The maximum atomic E-state index is 6.46. The predicted molar refractivity (Wildman–Crippen MR) is 84.5 cm³/mol. The van der Waals surface area contributed by atoms with Crippen LogP contribution in [0.25, 0.3) is 0 Å². The van der Waals surface area contributed by atoms with E-state index in [-0.39, 0.29) is 6.04 Å². The molecule has 0 saturated carbocycles. The van der Waals surface area contributed by atoms with Gasteiger partial charge in [-0.05, 0) is 42.3 Å². The first-order valence-electron chi connectivity index (χ1n) is 6.31. The van der Waals surface area contributed by atoms with Crippen molar-refractivity contribution in [1.82, 2.24) is 0 Å². The Labute approximate surface area is 127 Å². The van der Waals surface area contributed by atoms with E-state index < -0.39 is 0 Å². The van der Waals surface area contributed by atoms with Gasteiger partial charge in [-0.3, -0.25) is 0 Å². The van der Waals surface area contributed by atoms with Gasteiger partial charge in [-0.25, -0.2) is 0 Å². The zero-order chi connectivity index (χ0) is 14.7. The van der Waals surface area contributed by atoms with Crippen molar-refractivity contribution in [2.24, 2.45) is 5.73 Å². The lowest BCUT2D eigenvalue weighted by Crippen LogP contribution is -2.15. The number of rotatable bonds is 4. The average Bonchev–Trinajstić information content (AvgIpc) is 2.48. The van der Waals surface area contributed by atoms with E-state index in [0.29, 0.717) is 0 Å². The molecule has 0 fully saturated rings. The Morgan fingerprint density at radius 2 is 1.65 bits per heavy atom. The minimum atomic E-state index is -0.307. The number of halogens is 1. The third-order valence-corrected chi connectivity index (χ3v) is 3.85. The van der Waals surface area contributed by atoms with Crippen LogP contribution in [0.5, 0.6) is 11.5 Å². The molecule has 0 saturated heterocycles. The molecule has 1 unspecified atom stereocenters. The molecule has 0 heterocycles. The molecule has 0 amide bonds. The molecule has 0 aliphatic heterocycles. The first-order chi connectivity index (χ1) is 9.58. The van der Waals surface area contributed by atoms with Gasteiger partial charge in [-0.15, -0.1) is 0 Å². The smallest absolute Gasteiger partial charge is 0.127 e. The highest BCUT2D eigenvalue weighted by Gasteiger charge is 2.20. The summed E-state index contributed by atoms with van der Waals surface area (Å²) in [5.41, 5.74) is 9.49. The normalized spacial score (nSPS) is 12.1. The Balaban J connectivity index is 2.58. The summed E-state index contributed by atoms with van der Waals surface area (Å²) < 4.78 is 11.9. The Bertz CT molecular complexity index is 591. The third-order valence-electron chi connectivity index (χ3n) is 3.35. The van der Waals surface area contributed by atoms with Crippen molar-refractivity contribution < 1.29 is 9.47 Å². The fourth-order valence-corrected chi connectivity index (χ4v) is 2.67. The Kier molecular flexibility index (Phi) is 4.68. The molecule has 2 rings (SSSR count). The van der Waals surface area contributed by atoms with Crippen molar-refractivity contribution in [2.45, 2.75) is 13.0 Å². The van der Waals surface area contributed by atoms with Crippen LogP contribution in [0, 0.1) is 6.92 Å². The molecule has 0 bridgehead atoms. The summed E-state index contributed by atoms with van der Waals surface area (Å²) in [6.45, 7) is 2.05. The van der Waals surface area contributed by atoms with Crippen LogP contribution < -0.4 is 15.2 Å². The second-order valence-corrected chi connectivity index (χ2v) is 5.47. The lowest BCUT2D eigenvalue weighted by atomic mass is 9.94. The van der Waals surface area contributed by atoms with Gasteiger partial charge >= 0.3 is 0 Å². The molecule has 0 radical (unpaired) electrons. The van der Waals surface area contributed by atoms with Crippen LogP contribution in [0.4, 0.5) is 0 Å². The third kappa shape index (κ3) is 2.81. The summed E-state index contributed by atoms with van der Waals surface area (Å²) in [6.07, 6.45) is 0. The SMILES string of the molecule is COc1cccc(OC)c1C(N)c1cc(Br)ccc1C. The van der Waals surface area contributed by atoms with E-state index >= 15 is 0 Å². The van der Waals surface area contributed by atoms with Gasteiger partial charge < -0.3 is 15.2 Å². The molecule has 0 aromatic heterocycles. The lowest BCUT2D eigenvalue weighted by molar-refractivity contribution is 0.382. The molecule has 106 valence electrons. The van der Waals surface area contributed by atoms with Crippen molar-refractivity contribution in [1.29, 1.82) is 0 Å².